The Labute approximate surface area is 124 Å². The third-order valence-corrected chi connectivity index (χ3v) is 3.73. The Hall–Kier alpha value is -1.33. The van der Waals surface area contributed by atoms with Crippen LogP contribution in [0.2, 0.25) is 0 Å². The van der Waals surface area contributed by atoms with E-state index in [0.717, 1.165) is 13.1 Å². The lowest BCUT2D eigenvalue weighted by Gasteiger charge is -2.07. The van der Waals surface area contributed by atoms with E-state index in [2.05, 4.69) is 53.6 Å². The molecule has 0 radical (unpaired) electrons. The SMILES string of the molecule is Cc1noc(CSc2ccc(CNCC(C)C)cc2)n1. The lowest BCUT2D eigenvalue weighted by atomic mass is 10.2. The highest BCUT2D eigenvalue weighted by Gasteiger charge is 2.03. The molecule has 0 spiro atoms. The van der Waals surface area contributed by atoms with Crippen molar-refractivity contribution in [3.63, 3.8) is 0 Å². The predicted molar refractivity (Wildman–Crippen MR) is 81.6 cm³/mol. The molecule has 0 aliphatic rings. The first-order chi connectivity index (χ1) is 9.63. The van der Waals surface area contributed by atoms with Gasteiger partial charge in [-0.1, -0.05) is 31.1 Å². The fourth-order valence-corrected chi connectivity index (χ4v) is 2.49. The van der Waals surface area contributed by atoms with Crippen molar-refractivity contribution in [2.75, 3.05) is 6.54 Å². The van der Waals surface area contributed by atoms with Gasteiger partial charge in [-0.3, -0.25) is 0 Å². The molecule has 1 aromatic carbocycles. The van der Waals surface area contributed by atoms with Crippen molar-refractivity contribution in [1.82, 2.24) is 15.5 Å². The summed E-state index contributed by atoms with van der Waals surface area (Å²) >= 11 is 1.71. The molecule has 2 aromatic rings. The molecule has 108 valence electrons. The molecular formula is C15H21N3OS. The smallest absolute Gasteiger partial charge is 0.236 e. The second-order valence-electron chi connectivity index (χ2n) is 5.19. The van der Waals surface area contributed by atoms with Crippen LogP contribution in [-0.2, 0) is 12.3 Å². The quantitative estimate of drug-likeness (QED) is 0.792. The number of aryl methyl sites for hydroxylation is 1. The fourth-order valence-electron chi connectivity index (χ4n) is 1.75. The van der Waals surface area contributed by atoms with Crippen LogP contribution in [-0.4, -0.2) is 16.7 Å². The van der Waals surface area contributed by atoms with Gasteiger partial charge in [-0.25, -0.2) is 0 Å². The van der Waals surface area contributed by atoms with Gasteiger partial charge in [0, 0.05) is 11.4 Å². The largest absolute Gasteiger partial charge is 0.338 e. The Bertz CT molecular complexity index is 522. The lowest BCUT2D eigenvalue weighted by Crippen LogP contribution is -2.18. The molecular weight excluding hydrogens is 270 g/mol. The molecule has 1 N–H and O–H groups in total. The molecule has 0 atom stereocenters. The molecule has 0 unspecified atom stereocenters. The molecule has 0 aliphatic heterocycles. The Morgan fingerprint density at radius 1 is 1.25 bits per heavy atom. The van der Waals surface area contributed by atoms with E-state index in [4.69, 9.17) is 4.52 Å². The summed E-state index contributed by atoms with van der Waals surface area (Å²) in [6, 6.07) is 8.60. The number of hydrogen-bond donors (Lipinski definition) is 1. The summed E-state index contributed by atoms with van der Waals surface area (Å²) in [6.45, 7) is 8.23. The number of benzene rings is 1. The van der Waals surface area contributed by atoms with Crippen LogP contribution in [0.15, 0.2) is 33.7 Å². The first-order valence-electron chi connectivity index (χ1n) is 6.85. The van der Waals surface area contributed by atoms with Crippen molar-refractivity contribution < 1.29 is 4.52 Å². The van der Waals surface area contributed by atoms with Crippen LogP contribution in [0.1, 0.15) is 31.1 Å². The first kappa shape index (κ1) is 15.1. The van der Waals surface area contributed by atoms with E-state index >= 15 is 0 Å². The highest BCUT2D eigenvalue weighted by Crippen LogP contribution is 2.22. The van der Waals surface area contributed by atoms with Gasteiger partial charge in [0.1, 0.15) is 0 Å². The van der Waals surface area contributed by atoms with Crippen molar-refractivity contribution in [3.05, 3.63) is 41.5 Å². The van der Waals surface area contributed by atoms with Crippen molar-refractivity contribution in [2.24, 2.45) is 5.92 Å². The number of nitrogens with one attached hydrogen (secondary N) is 1. The first-order valence-corrected chi connectivity index (χ1v) is 7.83. The van der Waals surface area contributed by atoms with E-state index in [1.165, 1.54) is 10.5 Å². The maximum atomic E-state index is 5.09. The van der Waals surface area contributed by atoms with Crippen LogP contribution in [0.25, 0.3) is 0 Å². The van der Waals surface area contributed by atoms with Gasteiger partial charge in [0.25, 0.3) is 0 Å². The monoisotopic (exact) mass is 291 g/mol. The van der Waals surface area contributed by atoms with Crippen LogP contribution in [0.4, 0.5) is 0 Å². The summed E-state index contributed by atoms with van der Waals surface area (Å²) in [5, 5.41) is 7.22. The third-order valence-electron chi connectivity index (χ3n) is 2.74. The van der Waals surface area contributed by atoms with E-state index in [0.29, 0.717) is 23.4 Å². The minimum Gasteiger partial charge on any atom is -0.338 e. The summed E-state index contributed by atoms with van der Waals surface area (Å²) in [4.78, 5) is 5.41. The highest BCUT2D eigenvalue weighted by molar-refractivity contribution is 7.98. The van der Waals surface area contributed by atoms with Gasteiger partial charge in [-0.15, -0.1) is 11.8 Å². The van der Waals surface area contributed by atoms with Crippen LogP contribution in [0.3, 0.4) is 0 Å². The predicted octanol–water partition coefficient (Wildman–Crippen LogP) is 3.42. The molecule has 4 nitrogen and oxygen atoms in total. The third kappa shape index (κ3) is 4.98. The summed E-state index contributed by atoms with van der Waals surface area (Å²) in [5.41, 5.74) is 1.31. The Kier molecular flexibility index (Phi) is 5.61. The normalized spacial score (nSPS) is 11.2. The Balaban J connectivity index is 1.79. The minimum atomic E-state index is 0.676. The molecule has 1 aromatic heterocycles. The van der Waals surface area contributed by atoms with Gasteiger partial charge in [-0.05, 0) is 37.1 Å². The number of nitrogens with zero attached hydrogens (tertiary/aromatic N) is 2. The standard InChI is InChI=1S/C15H21N3OS/c1-11(2)8-16-9-13-4-6-14(7-5-13)20-10-15-17-12(3)18-19-15/h4-7,11,16H,8-10H2,1-3H3. The highest BCUT2D eigenvalue weighted by atomic mass is 32.2. The van der Waals surface area contributed by atoms with Crippen molar-refractivity contribution in [1.29, 1.82) is 0 Å². The van der Waals surface area contributed by atoms with E-state index in [1.807, 2.05) is 6.92 Å². The molecule has 0 amide bonds. The molecule has 2 rings (SSSR count). The maximum Gasteiger partial charge on any atom is 0.236 e. The number of thioether (sulfide) groups is 1. The van der Waals surface area contributed by atoms with Crippen LogP contribution in [0, 0.1) is 12.8 Å². The molecule has 0 saturated carbocycles. The van der Waals surface area contributed by atoms with Crippen molar-refractivity contribution in [2.45, 2.75) is 38.0 Å². The van der Waals surface area contributed by atoms with Gasteiger partial charge in [0.2, 0.25) is 5.89 Å². The molecule has 1 heterocycles. The number of aromatic nitrogens is 2. The van der Waals surface area contributed by atoms with Gasteiger partial charge < -0.3 is 9.84 Å². The summed E-state index contributed by atoms with van der Waals surface area (Å²) in [6.07, 6.45) is 0. The number of rotatable bonds is 7. The lowest BCUT2D eigenvalue weighted by molar-refractivity contribution is 0.387. The van der Waals surface area contributed by atoms with E-state index in [-0.39, 0.29) is 0 Å². The van der Waals surface area contributed by atoms with E-state index in [9.17, 15) is 0 Å². The fraction of sp³-hybridized carbons (Fsp3) is 0.467. The zero-order valence-electron chi connectivity index (χ0n) is 12.2. The Morgan fingerprint density at radius 3 is 2.60 bits per heavy atom. The van der Waals surface area contributed by atoms with Gasteiger partial charge in [0.05, 0.1) is 5.75 Å². The second-order valence-corrected chi connectivity index (χ2v) is 6.24. The minimum absolute atomic E-state index is 0.676. The molecule has 0 fully saturated rings. The van der Waals surface area contributed by atoms with Crippen LogP contribution in [0.5, 0.6) is 0 Å². The van der Waals surface area contributed by atoms with E-state index in [1.54, 1.807) is 11.8 Å². The molecule has 0 aliphatic carbocycles. The Morgan fingerprint density at radius 2 is 2.00 bits per heavy atom. The van der Waals surface area contributed by atoms with Crippen LogP contribution >= 0.6 is 11.8 Å². The summed E-state index contributed by atoms with van der Waals surface area (Å²) in [5.74, 6) is 2.76. The molecule has 20 heavy (non-hydrogen) atoms. The van der Waals surface area contributed by atoms with Crippen LogP contribution < -0.4 is 5.32 Å². The van der Waals surface area contributed by atoms with Gasteiger partial charge in [-0.2, -0.15) is 4.98 Å². The van der Waals surface area contributed by atoms with Crippen molar-refractivity contribution in [3.8, 4) is 0 Å². The molecule has 5 heteroatoms. The maximum absolute atomic E-state index is 5.09. The zero-order valence-corrected chi connectivity index (χ0v) is 13.0. The molecule has 0 saturated heterocycles. The average molecular weight is 291 g/mol. The molecule has 0 bridgehead atoms. The topological polar surface area (TPSA) is 51.0 Å². The van der Waals surface area contributed by atoms with E-state index < -0.39 is 0 Å². The summed E-state index contributed by atoms with van der Waals surface area (Å²) in [7, 11) is 0. The zero-order chi connectivity index (χ0) is 14.4. The van der Waals surface area contributed by atoms with Gasteiger partial charge in [0.15, 0.2) is 5.82 Å². The summed E-state index contributed by atoms with van der Waals surface area (Å²) < 4.78 is 5.09. The number of hydrogen-bond acceptors (Lipinski definition) is 5. The van der Waals surface area contributed by atoms with Crippen molar-refractivity contribution >= 4 is 11.8 Å². The van der Waals surface area contributed by atoms with Gasteiger partial charge >= 0.3 is 0 Å². The average Bonchev–Trinajstić information content (AvgIpc) is 2.83. The second kappa shape index (κ2) is 7.45.